The molecule has 166 valence electrons. The minimum Gasteiger partial charge on any atom is -0.496 e. The van der Waals surface area contributed by atoms with Crippen molar-refractivity contribution < 1.29 is 14.3 Å². The van der Waals surface area contributed by atoms with E-state index in [2.05, 4.69) is 31.2 Å². The van der Waals surface area contributed by atoms with Crippen molar-refractivity contribution in [1.82, 2.24) is 19.7 Å². The summed E-state index contributed by atoms with van der Waals surface area (Å²) in [5.74, 6) is 1.57. The lowest BCUT2D eigenvalue weighted by Gasteiger charge is -2.28. The van der Waals surface area contributed by atoms with Gasteiger partial charge in [-0.2, -0.15) is 4.98 Å². The number of anilines is 1. The Balaban J connectivity index is 1.73. The maximum absolute atomic E-state index is 12.9. The molecule has 0 fully saturated rings. The smallest absolute Gasteiger partial charge is 0.338 e. The Labute approximate surface area is 198 Å². The van der Waals surface area contributed by atoms with Crippen molar-refractivity contribution in [2.75, 3.05) is 19.0 Å². The predicted molar refractivity (Wildman–Crippen MR) is 126 cm³/mol. The van der Waals surface area contributed by atoms with Crippen LogP contribution in [0.1, 0.15) is 31.0 Å². The number of halogens is 1. The summed E-state index contributed by atoms with van der Waals surface area (Å²) in [5.41, 5.74) is 3.11. The lowest BCUT2D eigenvalue weighted by molar-refractivity contribution is -0.139. The minimum atomic E-state index is -0.493. The number of nitrogens with zero attached hydrogens (tertiary/aromatic N) is 4. The Bertz CT molecular complexity index is 1170. The molecule has 0 saturated heterocycles. The number of thioether (sulfide) groups is 1. The molecule has 4 rings (SSSR count). The highest BCUT2D eigenvalue weighted by molar-refractivity contribution is 9.10. The average Bonchev–Trinajstić information content (AvgIpc) is 3.20. The van der Waals surface area contributed by atoms with Crippen LogP contribution in [-0.2, 0) is 15.3 Å². The molecule has 1 aromatic carbocycles. The molecule has 0 radical (unpaired) electrons. The van der Waals surface area contributed by atoms with Gasteiger partial charge in [-0.1, -0.05) is 23.9 Å². The molecule has 3 aromatic rings. The summed E-state index contributed by atoms with van der Waals surface area (Å²) < 4.78 is 13.2. The van der Waals surface area contributed by atoms with Crippen molar-refractivity contribution in [2.45, 2.75) is 30.8 Å². The third-order valence-electron chi connectivity index (χ3n) is 4.91. The van der Waals surface area contributed by atoms with Crippen molar-refractivity contribution in [3.63, 3.8) is 0 Å². The van der Waals surface area contributed by atoms with E-state index in [1.165, 1.54) is 11.8 Å². The number of hydrogen-bond donors (Lipinski definition) is 1. The first kappa shape index (κ1) is 22.3. The van der Waals surface area contributed by atoms with Crippen LogP contribution in [0.5, 0.6) is 5.75 Å². The molecule has 0 bridgehead atoms. The largest absolute Gasteiger partial charge is 0.496 e. The Kier molecular flexibility index (Phi) is 6.80. The molecular weight excluding hydrogens is 494 g/mol. The van der Waals surface area contributed by atoms with E-state index >= 15 is 0 Å². The summed E-state index contributed by atoms with van der Waals surface area (Å²) in [6.07, 6.45) is 3.57. The number of methoxy groups -OCH3 is 1. The van der Waals surface area contributed by atoms with Crippen LogP contribution >= 0.6 is 27.7 Å². The first-order chi connectivity index (χ1) is 15.5. The number of ether oxygens (including phenoxy) is 2. The molecule has 0 spiro atoms. The van der Waals surface area contributed by atoms with Gasteiger partial charge in [-0.3, -0.25) is 4.98 Å². The van der Waals surface area contributed by atoms with E-state index in [0.717, 1.165) is 15.6 Å². The van der Waals surface area contributed by atoms with Gasteiger partial charge in [-0.25, -0.2) is 9.48 Å². The molecule has 1 atom stereocenters. The lowest BCUT2D eigenvalue weighted by Crippen LogP contribution is -2.29. The zero-order chi connectivity index (χ0) is 22.7. The van der Waals surface area contributed by atoms with Gasteiger partial charge in [0.05, 0.1) is 23.8 Å². The van der Waals surface area contributed by atoms with Crippen LogP contribution in [0, 0.1) is 0 Å². The zero-order valence-electron chi connectivity index (χ0n) is 17.8. The molecule has 8 nitrogen and oxygen atoms in total. The maximum Gasteiger partial charge on any atom is 0.338 e. The standard InChI is InChI=1S/C22H22BrN5O3S/c1-4-31-20(29)18-13(2)25-21-26-22(32-12-14-6-5-9-24-11-14)27-28(21)19(18)15-7-8-17(30-3)16(23)10-15/h5-11,19H,4,12H2,1-3H3,(H,25,26,27)/t19-/m1/s1. The molecule has 0 unspecified atom stereocenters. The van der Waals surface area contributed by atoms with Crippen LogP contribution < -0.4 is 10.1 Å². The molecule has 1 N–H and O–H groups in total. The van der Waals surface area contributed by atoms with E-state index < -0.39 is 6.04 Å². The molecule has 10 heteroatoms. The third-order valence-corrected chi connectivity index (χ3v) is 6.44. The summed E-state index contributed by atoms with van der Waals surface area (Å²) in [6.45, 7) is 3.92. The number of carbonyl (C=O) groups excluding carboxylic acids is 1. The number of benzene rings is 1. The number of rotatable bonds is 7. The van der Waals surface area contributed by atoms with Crippen molar-refractivity contribution in [3.8, 4) is 5.75 Å². The van der Waals surface area contributed by atoms with Gasteiger partial charge in [0, 0.05) is 23.8 Å². The fourth-order valence-electron chi connectivity index (χ4n) is 3.46. The fourth-order valence-corrected chi connectivity index (χ4v) is 4.78. The van der Waals surface area contributed by atoms with Crippen LogP contribution in [0.15, 0.2) is 63.6 Å². The Morgan fingerprint density at radius 3 is 2.88 bits per heavy atom. The molecule has 3 heterocycles. The molecule has 0 amide bonds. The molecule has 1 aliphatic rings. The second kappa shape index (κ2) is 9.74. The van der Waals surface area contributed by atoms with E-state index in [0.29, 0.717) is 33.9 Å². The summed E-state index contributed by atoms with van der Waals surface area (Å²) >= 11 is 5.05. The van der Waals surface area contributed by atoms with E-state index in [9.17, 15) is 4.79 Å². The molecule has 2 aromatic heterocycles. The highest BCUT2D eigenvalue weighted by Gasteiger charge is 2.35. The highest BCUT2D eigenvalue weighted by Crippen LogP contribution is 2.39. The number of esters is 1. The monoisotopic (exact) mass is 515 g/mol. The topological polar surface area (TPSA) is 91.2 Å². The first-order valence-corrected chi connectivity index (χ1v) is 11.8. The van der Waals surface area contributed by atoms with Crippen LogP contribution in [-0.4, -0.2) is 39.4 Å². The van der Waals surface area contributed by atoms with Gasteiger partial charge in [0.1, 0.15) is 11.8 Å². The zero-order valence-corrected chi connectivity index (χ0v) is 20.2. The second-order valence-corrected chi connectivity index (χ2v) is 8.79. The number of nitrogens with one attached hydrogen (secondary N) is 1. The van der Waals surface area contributed by atoms with Gasteiger partial charge in [-0.05, 0) is 59.1 Å². The van der Waals surface area contributed by atoms with Crippen molar-refractivity contribution in [3.05, 3.63) is 69.6 Å². The summed E-state index contributed by atoms with van der Waals surface area (Å²) in [5, 5.41) is 8.53. The van der Waals surface area contributed by atoms with Crippen LogP contribution in [0.3, 0.4) is 0 Å². The molecule has 32 heavy (non-hydrogen) atoms. The number of carbonyl (C=O) groups is 1. The summed E-state index contributed by atoms with van der Waals surface area (Å²) in [6, 6.07) is 9.12. The van der Waals surface area contributed by atoms with Gasteiger partial charge in [-0.15, -0.1) is 5.10 Å². The molecule has 1 aliphatic heterocycles. The Hall–Kier alpha value is -2.85. The summed E-state index contributed by atoms with van der Waals surface area (Å²) in [4.78, 5) is 21.7. The van der Waals surface area contributed by atoms with E-state index in [4.69, 9.17) is 14.6 Å². The van der Waals surface area contributed by atoms with E-state index in [1.54, 1.807) is 24.9 Å². The van der Waals surface area contributed by atoms with Crippen molar-refractivity contribution in [2.24, 2.45) is 0 Å². The molecule has 0 aliphatic carbocycles. The third kappa shape index (κ3) is 4.51. The molecule has 0 saturated carbocycles. The number of aromatic nitrogens is 4. The Morgan fingerprint density at radius 1 is 1.34 bits per heavy atom. The van der Waals surface area contributed by atoms with Crippen molar-refractivity contribution in [1.29, 1.82) is 0 Å². The highest BCUT2D eigenvalue weighted by atomic mass is 79.9. The van der Waals surface area contributed by atoms with E-state index in [1.807, 2.05) is 43.5 Å². The molecular formula is C22H22BrN5O3S. The second-order valence-electron chi connectivity index (χ2n) is 6.99. The van der Waals surface area contributed by atoms with Gasteiger partial charge in [0.25, 0.3) is 0 Å². The number of allylic oxidation sites excluding steroid dienone is 1. The minimum absolute atomic E-state index is 0.283. The van der Waals surface area contributed by atoms with Crippen molar-refractivity contribution >= 4 is 39.6 Å². The first-order valence-electron chi connectivity index (χ1n) is 9.98. The van der Waals surface area contributed by atoms with Crippen LogP contribution in [0.4, 0.5) is 5.95 Å². The van der Waals surface area contributed by atoms with Gasteiger partial charge in [0.15, 0.2) is 0 Å². The number of hydrogen-bond acceptors (Lipinski definition) is 8. The lowest BCUT2D eigenvalue weighted by atomic mass is 9.96. The van der Waals surface area contributed by atoms with Crippen LogP contribution in [0.25, 0.3) is 0 Å². The normalized spacial score (nSPS) is 15.2. The van der Waals surface area contributed by atoms with Gasteiger partial charge < -0.3 is 14.8 Å². The number of fused-ring (bicyclic) bond motifs is 1. The SMILES string of the molecule is CCOC(=O)C1=C(C)Nc2nc(SCc3cccnc3)nn2[C@@H]1c1ccc(OC)c(Br)c1. The summed E-state index contributed by atoms with van der Waals surface area (Å²) in [7, 11) is 1.61. The predicted octanol–water partition coefficient (Wildman–Crippen LogP) is 4.59. The van der Waals surface area contributed by atoms with E-state index in [-0.39, 0.29) is 12.6 Å². The quantitative estimate of drug-likeness (QED) is 0.360. The Morgan fingerprint density at radius 2 is 2.19 bits per heavy atom. The van der Waals surface area contributed by atoms with Gasteiger partial charge >= 0.3 is 5.97 Å². The van der Waals surface area contributed by atoms with Gasteiger partial charge in [0.2, 0.25) is 11.1 Å². The average molecular weight is 516 g/mol. The van der Waals surface area contributed by atoms with Crippen LogP contribution in [0.2, 0.25) is 0 Å². The fraction of sp³-hybridized carbons (Fsp3) is 0.273. The number of pyridine rings is 1. The maximum atomic E-state index is 12.9.